The summed E-state index contributed by atoms with van der Waals surface area (Å²) >= 11 is 0. The van der Waals surface area contributed by atoms with Crippen LogP contribution in [0.1, 0.15) is 36.1 Å². The lowest BCUT2D eigenvalue weighted by atomic mass is 9.99. The number of nitrogens with one attached hydrogen (secondary N) is 1. The lowest BCUT2D eigenvalue weighted by Gasteiger charge is -2.21. The van der Waals surface area contributed by atoms with Gasteiger partial charge in [-0.1, -0.05) is 13.0 Å². The fraction of sp³-hybridized carbons (Fsp3) is 0.600. The average molecular weight is 299 g/mol. The van der Waals surface area contributed by atoms with E-state index in [1.54, 1.807) is 7.11 Å². The Morgan fingerprint density at radius 2 is 1.90 bits per heavy atom. The van der Waals surface area contributed by atoms with Gasteiger partial charge in [-0.15, -0.1) is 0 Å². The van der Waals surface area contributed by atoms with E-state index in [2.05, 4.69) is 12.2 Å². The average Bonchev–Trinajstić information content (AvgIpc) is 2.35. The lowest BCUT2D eigenvalue weighted by molar-refractivity contribution is 0.411. The van der Waals surface area contributed by atoms with Gasteiger partial charge in [0.2, 0.25) is 0 Å². The molecule has 0 saturated carbocycles. The third-order valence-corrected chi connectivity index (χ3v) is 4.21. The third kappa shape index (κ3) is 4.80. The van der Waals surface area contributed by atoms with Crippen LogP contribution in [0.5, 0.6) is 5.75 Å². The van der Waals surface area contributed by atoms with Crippen LogP contribution in [0.4, 0.5) is 0 Å². The molecule has 1 aromatic carbocycles. The predicted molar refractivity (Wildman–Crippen MR) is 83.2 cm³/mol. The van der Waals surface area contributed by atoms with Gasteiger partial charge < -0.3 is 10.1 Å². The molecule has 0 fully saturated rings. The Balaban J connectivity index is 3.15. The van der Waals surface area contributed by atoms with Gasteiger partial charge in [0, 0.05) is 12.3 Å². The number of methoxy groups -OCH3 is 1. The summed E-state index contributed by atoms with van der Waals surface area (Å²) in [5, 5.41) is 3.33. The molecule has 1 N–H and O–H groups in total. The van der Waals surface area contributed by atoms with Crippen LogP contribution in [0.25, 0.3) is 0 Å². The molecule has 0 aromatic heterocycles. The molecule has 4 nitrogen and oxygen atoms in total. The molecule has 20 heavy (non-hydrogen) atoms. The van der Waals surface area contributed by atoms with Gasteiger partial charge in [0.25, 0.3) is 0 Å². The molecule has 0 bridgehead atoms. The van der Waals surface area contributed by atoms with Crippen LogP contribution in [0.15, 0.2) is 12.1 Å². The number of hydrogen-bond donors (Lipinski definition) is 1. The molecule has 0 heterocycles. The highest BCUT2D eigenvalue weighted by molar-refractivity contribution is 7.90. The first kappa shape index (κ1) is 17.0. The van der Waals surface area contributed by atoms with E-state index >= 15 is 0 Å². The number of hydrogen-bond acceptors (Lipinski definition) is 4. The van der Waals surface area contributed by atoms with Gasteiger partial charge >= 0.3 is 0 Å². The van der Waals surface area contributed by atoms with E-state index in [0.29, 0.717) is 0 Å². The smallest absolute Gasteiger partial charge is 0.149 e. The van der Waals surface area contributed by atoms with E-state index in [9.17, 15) is 8.42 Å². The molecular weight excluding hydrogens is 274 g/mol. The SMILES string of the molecule is CCCNC(CS(C)(=O)=O)c1cc(C)c(OC)cc1C. The van der Waals surface area contributed by atoms with Crippen molar-refractivity contribution in [2.24, 2.45) is 0 Å². The maximum absolute atomic E-state index is 11.6. The van der Waals surface area contributed by atoms with Crippen molar-refractivity contribution in [2.75, 3.05) is 25.7 Å². The summed E-state index contributed by atoms with van der Waals surface area (Å²) in [7, 11) is -1.40. The second-order valence-corrected chi connectivity index (χ2v) is 7.46. The quantitative estimate of drug-likeness (QED) is 0.840. The van der Waals surface area contributed by atoms with Crippen LogP contribution >= 0.6 is 0 Å². The van der Waals surface area contributed by atoms with Gasteiger partial charge in [0.1, 0.15) is 15.6 Å². The Kier molecular flexibility index (Phi) is 6.02. The van der Waals surface area contributed by atoms with E-state index in [0.717, 1.165) is 35.4 Å². The van der Waals surface area contributed by atoms with Crippen LogP contribution in [-0.4, -0.2) is 34.1 Å². The highest BCUT2D eigenvalue weighted by atomic mass is 32.2. The molecule has 0 radical (unpaired) electrons. The molecule has 0 aliphatic heterocycles. The first-order valence-corrected chi connectivity index (χ1v) is 8.90. The highest BCUT2D eigenvalue weighted by Crippen LogP contribution is 2.27. The van der Waals surface area contributed by atoms with Gasteiger partial charge in [0.15, 0.2) is 0 Å². The Hall–Kier alpha value is -1.07. The maximum atomic E-state index is 11.6. The first-order chi connectivity index (χ1) is 9.28. The monoisotopic (exact) mass is 299 g/mol. The van der Waals surface area contributed by atoms with Crippen molar-refractivity contribution in [3.8, 4) is 5.75 Å². The Labute approximate surface area is 122 Å². The number of rotatable bonds is 7. The van der Waals surface area contributed by atoms with Crippen LogP contribution in [0.2, 0.25) is 0 Å². The molecule has 1 unspecified atom stereocenters. The zero-order chi connectivity index (χ0) is 15.3. The molecular formula is C15H25NO3S. The van der Waals surface area contributed by atoms with Crippen LogP contribution in [-0.2, 0) is 9.84 Å². The van der Waals surface area contributed by atoms with Gasteiger partial charge in [-0.3, -0.25) is 0 Å². The van der Waals surface area contributed by atoms with E-state index in [1.165, 1.54) is 6.26 Å². The van der Waals surface area contributed by atoms with Crippen molar-refractivity contribution in [3.05, 3.63) is 28.8 Å². The summed E-state index contributed by atoms with van der Waals surface area (Å²) in [6.45, 7) is 6.82. The van der Waals surface area contributed by atoms with Crippen molar-refractivity contribution in [3.63, 3.8) is 0 Å². The summed E-state index contributed by atoms with van der Waals surface area (Å²) in [6.07, 6.45) is 2.24. The van der Waals surface area contributed by atoms with Crippen molar-refractivity contribution in [1.82, 2.24) is 5.32 Å². The zero-order valence-electron chi connectivity index (χ0n) is 13.0. The molecule has 0 aliphatic rings. The zero-order valence-corrected chi connectivity index (χ0v) is 13.8. The molecule has 1 rings (SSSR count). The number of benzene rings is 1. The fourth-order valence-corrected chi connectivity index (χ4v) is 3.19. The van der Waals surface area contributed by atoms with Crippen molar-refractivity contribution in [1.29, 1.82) is 0 Å². The largest absolute Gasteiger partial charge is 0.496 e. The van der Waals surface area contributed by atoms with Crippen molar-refractivity contribution >= 4 is 9.84 Å². The Morgan fingerprint density at radius 1 is 1.25 bits per heavy atom. The molecule has 0 amide bonds. The molecule has 0 spiro atoms. The predicted octanol–water partition coefficient (Wildman–Crippen LogP) is 2.40. The second-order valence-electron chi connectivity index (χ2n) is 5.28. The molecule has 0 saturated heterocycles. The number of ether oxygens (including phenoxy) is 1. The molecule has 114 valence electrons. The van der Waals surface area contributed by atoms with E-state index in [4.69, 9.17) is 4.74 Å². The minimum atomic E-state index is -3.04. The van der Waals surface area contributed by atoms with Gasteiger partial charge in [-0.2, -0.15) is 0 Å². The van der Waals surface area contributed by atoms with Crippen molar-refractivity contribution in [2.45, 2.75) is 33.2 Å². The minimum Gasteiger partial charge on any atom is -0.496 e. The van der Waals surface area contributed by atoms with Gasteiger partial charge in [-0.25, -0.2) is 8.42 Å². The Bertz CT molecular complexity index is 552. The topological polar surface area (TPSA) is 55.4 Å². The standard InChI is InChI=1S/C15H25NO3S/c1-6-7-16-14(10-20(5,17)18)13-8-12(3)15(19-4)9-11(13)2/h8-9,14,16H,6-7,10H2,1-5H3. The molecule has 0 aliphatic carbocycles. The normalized spacial score (nSPS) is 13.2. The summed E-state index contributed by atoms with van der Waals surface area (Å²) in [4.78, 5) is 0. The van der Waals surface area contributed by atoms with Crippen LogP contribution in [0.3, 0.4) is 0 Å². The van der Waals surface area contributed by atoms with Gasteiger partial charge in [0.05, 0.1) is 12.9 Å². The third-order valence-electron chi connectivity index (χ3n) is 3.27. The van der Waals surface area contributed by atoms with Crippen molar-refractivity contribution < 1.29 is 13.2 Å². The number of aryl methyl sites for hydroxylation is 2. The summed E-state index contributed by atoms with van der Waals surface area (Å²) in [5.74, 6) is 0.944. The van der Waals surface area contributed by atoms with E-state index in [1.807, 2.05) is 26.0 Å². The van der Waals surface area contributed by atoms with Crippen LogP contribution < -0.4 is 10.1 Å². The molecule has 1 atom stereocenters. The van der Waals surface area contributed by atoms with Gasteiger partial charge in [-0.05, 0) is 49.6 Å². The minimum absolute atomic E-state index is 0.111. The Morgan fingerprint density at radius 3 is 2.40 bits per heavy atom. The second kappa shape index (κ2) is 7.09. The highest BCUT2D eigenvalue weighted by Gasteiger charge is 2.19. The molecule has 5 heteroatoms. The van der Waals surface area contributed by atoms with Crippen LogP contribution in [0, 0.1) is 13.8 Å². The number of sulfone groups is 1. The summed E-state index contributed by atoms with van der Waals surface area (Å²) in [5.41, 5.74) is 3.09. The molecule has 1 aromatic rings. The maximum Gasteiger partial charge on any atom is 0.149 e. The lowest BCUT2D eigenvalue weighted by Crippen LogP contribution is -2.29. The summed E-state index contributed by atoms with van der Waals surface area (Å²) < 4.78 is 28.6. The first-order valence-electron chi connectivity index (χ1n) is 6.84. The van der Waals surface area contributed by atoms with E-state index in [-0.39, 0.29) is 11.8 Å². The van der Waals surface area contributed by atoms with E-state index < -0.39 is 9.84 Å². The summed E-state index contributed by atoms with van der Waals surface area (Å²) in [6, 6.07) is 3.81. The fourth-order valence-electron chi connectivity index (χ4n) is 2.29.